The van der Waals surface area contributed by atoms with Crippen molar-refractivity contribution in [3.63, 3.8) is 0 Å². The molecule has 3 nitrogen and oxygen atoms in total. The van der Waals surface area contributed by atoms with Gasteiger partial charge < -0.3 is 10.7 Å². The Balaban J connectivity index is 2.46. The number of rotatable bonds is 2. The van der Waals surface area contributed by atoms with Crippen LogP contribution in [0.15, 0.2) is 28.7 Å². The summed E-state index contributed by atoms with van der Waals surface area (Å²) < 4.78 is 1.07. The minimum absolute atomic E-state index is 0.447. The van der Waals surface area contributed by atoms with E-state index >= 15 is 0 Å². The first-order chi connectivity index (χ1) is 6.22. The minimum Gasteiger partial charge on any atom is -0.358 e. The molecule has 0 amide bonds. The largest absolute Gasteiger partial charge is 0.358 e. The molecule has 0 atom stereocenters. The van der Waals surface area contributed by atoms with Crippen molar-refractivity contribution in [2.24, 2.45) is 5.84 Å². The third-order valence-corrected chi connectivity index (χ3v) is 2.29. The van der Waals surface area contributed by atoms with E-state index in [4.69, 9.17) is 18.1 Å². The second-order valence-corrected chi connectivity index (χ2v) is 3.78. The van der Waals surface area contributed by atoms with Gasteiger partial charge in [-0.2, -0.15) is 0 Å². The molecule has 0 saturated heterocycles. The molecule has 0 aromatic heterocycles. The highest BCUT2D eigenvalue weighted by Crippen LogP contribution is 2.09. The van der Waals surface area contributed by atoms with Gasteiger partial charge in [0.2, 0.25) is 0 Å². The number of hydrogen-bond acceptors (Lipinski definition) is 2. The van der Waals surface area contributed by atoms with Crippen molar-refractivity contribution in [1.82, 2.24) is 10.7 Å². The Morgan fingerprint density at radius 3 is 2.54 bits per heavy atom. The Bertz CT molecular complexity index is 286. The molecule has 13 heavy (non-hydrogen) atoms. The molecule has 70 valence electrons. The maximum Gasteiger partial charge on any atom is 0.180 e. The van der Waals surface area contributed by atoms with Gasteiger partial charge in [-0.1, -0.05) is 28.1 Å². The van der Waals surface area contributed by atoms with Gasteiger partial charge in [0.25, 0.3) is 0 Å². The second-order valence-electron chi connectivity index (χ2n) is 2.45. The normalized spacial score (nSPS) is 9.38. The lowest BCUT2D eigenvalue weighted by Crippen LogP contribution is -2.39. The van der Waals surface area contributed by atoms with Crippen LogP contribution in [-0.4, -0.2) is 5.11 Å². The van der Waals surface area contributed by atoms with Gasteiger partial charge in [0.15, 0.2) is 5.11 Å². The van der Waals surface area contributed by atoms with Crippen LogP contribution in [0.2, 0.25) is 0 Å². The van der Waals surface area contributed by atoms with Gasteiger partial charge in [-0.15, -0.1) is 0 Å². The Morgan fingerprint density at radius 1 is 1.38 bits per heavy atom. The van der Waals surface area contributed by atoms with Crippen LogP contribution in [0.5, 0.6) is 0 Å². The highest BCUT2D eigenvalue weighted by molar-refractivity contribution is 9.10. The molecule has 1 aromatic carbocycles. The second kappa shape index (κ2) is 5.16. The summed E-state index contributed by atoms with van der Waals surface area (Å²) in [5, 5.41) is 3.40. The maximum absolute atomic E-state index is 5.10. The molecule has 0 unspecified atom stereocenters. The van der Waals surface area contributed by atoms with Crippen LogP contribution in [0.1, 0.15) is 5.56 Å². The molecule has 0 radical (unpaired) electrons. The monoisotopic (exact) mass is 259 g/mol. The van der Waals surface area contributed by atoms with Crippen LogP contribution in [0, 0.1) is 0 Å². The van der Waals surface area contributed by atoms with Crippen molar-refractivity contribution < 1.29 is 0 Å². The Labute approximate surface area is 90.8 Å². The zero-order valence-electron chi connectivity index (χ0n) is 6.88. The molecule has 0 fully saturated rings. The van der Waals surface area contributed by atoms with E-state index < -0.39 is 0 Å². The first-order valence-electron chi connectivity index (χ1n) is 3.71. The van der Waals surface area contributed by atoms with Crippen LogP contribution >= 0.6 is 28.1 Å². The fraction of sp³-hybridized carbons (Fsp3) is 0.125. The Hall–Kier alpha value is -0.650. The molecule has 5 heteroatoms. The number of halogens is 1. The van der Waals surface area contributed by atoms with E-state index in [1.54, 1.807) is 0 Å². The van der Waals surface area contributed by atoms with Crippen molar-refractivity contribution in [2.75, 3.05) is 0 Å². The van der Waals surface area contributed by atoms with Crippen LogP contribution in [0.4, 0.5) is 0 Å². The average molecular weight is 260 g/mol. The number of nitrogens with one attached hydrogen (secondary N) is 2. The summed E-state index contributed by atoms with van der Waals surface area (Å²) in [6.07, 6.45) is 0. The lowest BCUT2D eigenvalue weighted by atomic mass is 10.2. The van der Waals surface area contributed by atoms with Crippen molar-refractivity contribution >= 4 is 33.3 Å². The molecule has 0 heterocycles. The summed E-state index contributed by atoms with van der Waals surface area (Å²) >= 11 is 8.18. The fourth-order valence-electron chi connectivity index (χ4n) is 0.836. The predicted octanol–water partition coefficient (Wildman–Crippen LogP) is 1.29. The topological polar surface area (TPSA) is 50.1 Å². The standard InChI is InChI=1S/C8H10BrN3S/c9-7-3-1-6(2-4-7)5-11-8(13)12-10/h1-4H,5,10H2,(H2,11,12,13). The summed E-state index contributed by atoms with van der Waals surface area (Å²) in [5.41, 5.74) is 3.51. The number of thiocarbonyl (C=S) groups is 1. The van der Waals surface area contributed by atoms with Crippen molar-refractivity contribution in [3.8, 4) is 0 Å². The van der Waals surface area contributed by atoms with E-state index in [9.17, 15) is 0 Å². The third-order valence-electron chi connectivity index (χ3n) is 1.50. The van der Waals surface area contributed by atoms with Gasteiger partial charge >= 0.3 is 0 Å². The molecule has 1 rings (SSSR count). The highest BCUT2D eigenvalue weighted by Gasteiger charge is 1.93. The summed E-state index contributed by atoms with van der Waals surface area (Å²) in [5.74, 6) is 5.10. The summed E-state index contributed by atoms with van der Waals surface area (Å²) in [4.78, 5) is 0. The van der Waals surface area contributed by atoms with E-state index in [1.165, 1.54) is 0 Å². The van der Waals surface area contributed by atoms with Gasteiger partial charge in [-0.3, -0.25) is 0 Å². The molecule has 0 bridgehead atoms. The Kier molecular flexibility index (Phi) is 4.14. The van der Waals surface area contributed by atoms with Crippen LogP contribution in [-0.2, 0) is 6.54 Å². The Morgan fingerprint density at radius 2 is 2.00 bits per heavy atom. The van der Waals surface area contributed by atoms with E-state index in [0.717, 1.165) is 10.0 Å². The van der Waals surface area contributed by atoms with Crippen LogP contribution in [0.25, 0.3) is 0 Å². The number of nitrogens with two attached hydrogens (primary N) is 1. The van der Waals surface area contributed by atoms with Crippen molar-refractivity contribution in [3.05, 3.63) is 34.3 Å². The molecule has 4 N–H and O–H groups in total. The first kappa shape index (κ1) is 10.4. The lowest BCUT2D eigenvalue weighted by molar-refractivity contribution is 0.866. The summed E-state index contributed by atoms with van der Waals surface area (Å²) in [6, 6.07) is 7.98. The fourth-order valence-corrected chi connectivity index (χ4v) is 1.17. The zero-order valence-corrected chi connectivity index (χ0v) is 9.28. The first-order valence-corrected chi connectivity index (χ1v) is 4.91. The molecular weight excluding hydrogens is 250 g/mol. The van der Waals surface area contributed by atoms with Crippen molar-refractivity contribution in [1.29, 1.82) is 0 Å². The number of benzene rings is 1. The summed E-state index contributed by atoms with van der Waals surface area (Å²) in [7, 11) is 0. The zero-order chi connectivity index (χ0) is 9.68. The quantitative estimate of drug-likeness (QED) is 0.426. The number of hydrazine groups is 1. The van der Waals surface area contributed by atoms with Crippen LogP contribution < -0.4 is 16.6 Å². The lowest BCUT2D eigenvalue weighted by Gasteiger charge is -2.06. The van der Waals surface area contributed by atoms with Gasteiger partial charge in [-0.05, 0) is 29.9 Å². The van der Waals surface area contributed by atoms with Crippen molar-refractivity contribution in [2.45, 2.75) is 6.54 Å². The molecular formula is C8H10BrN3S. The van der Waals surface area contributed by atoms with Gasteiger partial charge in [0, 0.05) is 11.0 Å². The molecule has 0 aliphatic carbocycles. The smallest absolute Gasteiger partial charge is 0.180 e. The minimum atomic E-state index is 0.447. The van der Waals surface area contributed by atoms with E-state index in [1.807, 2.05) is 24.3 Å². The SMILES string of the molecule is NNC(=S)NCc1ccc(Br)cc1. The average Bonchev–Trinajstić information content (AvgIpc) is 2.16. The molecule has 0 aliphatic heterocycles. The summed E-state index contributed by atoms with van der Waals surface area (Å²) in [6.45, 7) is 0.677. The molecule has 0 saturated carbocycles. The third kappa shape index (κ3) is 3.71. The molecule has 0 aliphatic rings. The maximum atomic E-state index is 5.10. The predicted molar refractivity (Wildman–Crippen MR) is 60.9 cm³/mol. The van der Waals surface area contributed by atoms with Gasteiger partial charge in [0.1, 0.15) is 0 Å². The van der Waals surface area contributed by atoms with Gasteiger partial charge in [0.05, 0.1) is 0 Å². The van der Waals surface area contributed by atoms with E-state index in [-0.39, 0.29) is 0 Å². The highest BCUT2D eigenvalue weighted by atomic mass is 79.9. The van der Waals surface area contributed by atoms with E-state index in [0.29, 0.717) is 11.7 Å². The van der Waals surface area contributed by atoms with Gasteiger partial charge in [-0.25, -0.2) is 5.84 Å². The molecule has 0 spiro atoms. The number of hydrogen-bond donors (Lipinski definition) is 3. The molecule has 1 aromatic rings. The van der Waals surface area contributed by atoms with E-state index in [2.05, 4.69) is 26.7 Å². The van der Waals surface area contributed by atoms with Crippen LogP contribution in [0.3, 0.4) is 0 Å².